The van der Waals surface area contributed by atoms with Crippen molar-refractivity contribution in [3.05, 3.63) is 71.8 Å². The third-order valence-electron chi connectivity index (χ3n) is 3.62. The van der Waals surface area contributed by atoms with Crippen molar-refractivity contribution in [3.8, 4) is 6.07 Å². The summed E-state index contributed by atoms with van der Waals surface area (Å²) < 4.78 is 13.9. The Morgan fingerprint density at radius 1 is 1.25 bits per heavy atom. The van der Waals surface area contributed by atoms with Gasteiger partial charge in [0, 0.05) is 6.20 Å². The Balaban J connectivity index is 1.96. The maximum atomic E-state index is 13.9. The van der Waals surface area contributed by atoms with Crippen molar-refractivity contribution >= 4 is 17.3 Å². The third-order valence-corrected chi connectivity index (χ3v) is 3.62. The first kappa shape index (κ1) is 15.6. The molecule has 5 nitrogen and oxygen atoms in total. The Kier molecular flexibility index (Phi) is 4.17. The molecule has 0 bridgehead atoms. The predicted octanol–water partition coefficient (Wildman–Crippen LogP) is 3.18. The van der Waals surface area contributed by atoms with Crippen LogP contribution in [0.3, 0.4) is 0 Å². The number of rotatable bonds is 3. The van der Waals surface area contributed by atoms with E-state index in [9.17, 15) is 14.4 Å². The molecule has 1 amide bonds. The van der Waals surface area contributed by atoms with Crippen LogP contribution in [0.5, 0.6) is 0 Å². The Bertz CT molecular complexity index is 883. The second-order valence-electron chi connectivity index (χ2n) is 5.20. The van der Waals surface area contributed by atoms with E-state index in [4.69, 9.17) is 0 Å². The van der Waals surface area contributed by atoms with Gasteiger partial charge in [-0.25, -0.2) is 4.39 Å². The fourth-order valence-electron chi connectivity index (χ4n) is 2.41. The summed E-state index contributed by atoms with van der Waals surface area (Å²) >= 11 is 0. The summed E-state index contributed by atoms with van der Waals surface area (Å²) in [6.07, 6.45) is 3.10. The minimum Gasteiger partial charge on any atom is -0.267 e. The highest BCUT2D eigenvalue weighted by molar-refractivity contribution is 6.29. The molecule has 1 aliphatic rings. The summed E-state index contributed by atoms with van der Waals surface area (Å²) in [7, 11) is 0. The Morgan fingerprint density at radius 3 is 2.67 bits per heavy atom. The van der Waals surface area contributed by atoms with Crippen molar-refractivity contribution in [1.82, 2.24) is 4.98 Å². The van der Waals surface area contributed by atoms with Crippen LogP contribution in [-0.2, 0) is 4.79 Å². The van der Waals surface area contributed by atoms with Crippen LogP contribution in [0, 0.1) is 17.1 Å². The number of pyridine rings is 1. The number of benzene rings is 1. The van der Waals surface area contributed by atoms with Crippen molar-refractivity contribution in [1.29, 1.82) is 5.26 Å². The number of aromatic nitrogens is 1. The van der Waals surface area contributed by atoms with Crippen LogP contribution in [0.25, 0.3) is 0 Å². The summed E-state index contributed by atoms with van der Waals surface area (Å²) in [5.41, 5.74) is 1.32. The summed E-state index contributed by atoms with van der Waals surface area (Å²) in [6.45, 7) is 1.65. The molecule has 0 saturated heterocycles. The fourth-order valence-corrected chi connectivity index (χ4v) is 2.41. The van der Waals surface area contributed by atoms with Crippen molar-refractivity contribution < 1.29 is 9.18 Å². The number of carbonyl (C=O) groups is 1. The van der Waals surface area contributed by atoms with Gasteiger partial charge in [-0.3, -0.25) is 9.78 Å². The van der Waals surface area contributed by atoms with Crippen LogP contribution in [-0.4, -0.2) is 16.6 Å². The van der Waals surface area contributed by atoms with E-state index < -0.39 is 17.6 Å². The summed E-state index contributed by atoms with van der Waals surface area (Å²) in [6, 6.07) is 13.3. The summed E-state index contributed by atoms with van der Waals surface area (Å²) in [4.78, 5) is 16.7. The van der Waals surface area contributed by atoms with E-state index in [0.29, 0.717) is 11.4 Å². The van der Waals surface area contributed by atoms with Gasteiger partial charge in [0.25, 0.3) is 5.91 Å². The normalized spacial score (nSPS) is 16.9. The second kappa shape index (κ2) is 6.42. The lowest BCUT2D eigenvalue weighted by molar-refractivity contribution is -0.114. The zero-order chi connectivity index (χ0) is 17.1. The number of anilines is 1. The molecule has 24 heavy (non-hydrogen) atoms. The molecule has 1 aliphatic heterocycles. The molecule has 1 unspecified atom stereocenters. The van der Waals surface area contributed by atoms with Gasteiger partial charge in [-0.1, -0.05) is 18.2 Å². The smallest absolute Gasteiger partial charge is 0.267 e. The first-order valence-electron chi connectivity index (χ1n) is 7.28. The van der Waals surface area contributed by atoms with Gasteiger partial charge < -0.3 is 0 Å². The molecule has 118 valence electrons. The van der Waals surface area contributed by atoms with Gasteiger partial charge in [-0.05, 0) is 37.3 Å². The lowest BCUT2D eigenvalue weighted by Crippen LogP contribution is -2.22. The number of hydrogen-bond acceptors (Lipinski definition) is 4. The molecule has 0 radical (unpaired) electrons. The third kappa shape index (κ3) is 2.79. The second-order valence-corrected chi connectivity index (χ2v) is 5.20. The molecule has 0 aliphatic carbocycles. The number of allylic oxidation sites excluding steroid dienone is 1. The van der Waals surface area contributed by atoms with Crippen LogP contribution in [0.2, 0.25) is 0 Å². The van der Waals surface area contributed by atoms with Crippen molar-refractivity contribution in [3.63, 3.8) is 0 Å². The SMILES string of the molecule is CC1=NN(c2ccccc2F)C(=O)C1=CC(C#N)c1ccccn1. The number of halogens is 1. The number of nitrogens with zero attached hydrogens (tertiary/aromatic N) is 4. The Morgan fingerprint density at radius 2 is 2.00 bits per heavy atom. The zero-order valence-corrected chi connectivity index (χ0v) is 12.8. The number of nitriles is 1. The molecule has 0 spiro atoms. The molecule has 6 heteroatoms. The van der Waals surface area contributed by atoms with E-state index in [1.807, 2.05) is 0 Å². The average Bonchev–Trinajstić information content (AvgIpc) is 2.88. The highest BCUT2D eigenvalue weighted by Crippen LogP contribution is 2.27. The van der Waals surface area contributed by atoms with E-state index in [0.717, 1.165) is 5.01 Å². The first-order valence-corrected chi connectivity index (χ1v) is 7.28. The van der Waals surface area contributed by atoms with E-state index in [2.05, 4.69) is 16.2 Å². The standard InChI is InChI=1S/C18H13FN4O/c1-12-14(10-13(11-20)16-7-4-5-9-21-16)18(24)23(22-12)17-8-3-2-6-15(17)19/h2-10,13H,1H3. The van der Waals surface area contributed by atoms with E-state index >= 15 is 0 Å². The van der Waals surface area contributed by atoms with Gasteiger partial charge in [0.15, 0.2) is 0 Å². The molecule has 1 aromatic carbocycles. The van der Waals surface area contributed by atoms with Crippen LogP contribution in [0.15, 0.2) is 65.4 Å². The Hall–Kier alpha value is -3.33. The highest BCUT2D eigenvalue weighted by atomic mass is 19.1. The van der Waals surface area contributed by atoms with E-state index in [1.54, 1.807) is 43.5 Å². The molecule has 2 aromatic rings. The maximum absolute atomic E-state index is 13.9. The highest BCUT2D eigenvalue weighted by Gasteiger charge is 2.31. The summed E-state index contributed by atoms with van der Waals surface area (Å²) in [5, 5.41) is 14.5. The van der Waals surface area contributed by atoms with Gasteiger partial charge in [0.05, 0.1) is 23.0 Å². The van der Waals surface area contributed by atoms with Crippen molar-refractivity contribution in [2.24, 2.45) is 5.10 Å². The Labute approximate surface area is 138 Å². The largest absolute Gasteiger partial charge is 0.280 e. The number of amides is 1. The quantitative estimate of drug-likeness (QED) is 0.816. The molecule has 0 fully saturated rings. The van der Waals surface area contributed by atoms with Crippen molar-refractivity contribution in [2.75, 3.05) is 5.01 Å². The van der Waals surface area contributed by atoms with Crippen LogP contribution in [0.1, 0.15) is 18.5 Å². The van der Waals surface area contributed by atoms with Gasteiger partial charge >= 0.3 is 0 Å². The molecule has 0 N–H and O–H groups in total. The van der Waals surface area contributed by atoms with Gasteiger partial charge in [-0.15, -0.1) is 0 Å². The number of carbonyl (C=O) groups excluding carboxylic acids is 1. The molecular formula is C18H13FN4O. The number of hydrazone groups is 1. The minimum atomic E-state index is -0.684. The lowest BCUT2D eigenvalue weighted by atomic mass is 10.0. The van der Waals surface area contributed by atoms with Gasteiger partial charge in [0.2, 0.25) is 0 Å². The minimum absolute atomic E-state index is 0.0802. The monoisotopic (exact) mass is 320 g/mol. The van der Waals surface area contributed by atoms with Crippen molar-refractivity contribution in [2.45, 2.75) is 12.8 Å². The molecule has 0 saturated carbocycles. The average molecular weight is 320 g/mol. The molecule has 3 rings (SSSR count). The van der Waals surface area contributed by atoms with E-state index in [-0.39, 0.29) is 11.3 Å². The maximum Gasteiger partial charge on any atom is 0.280 e. The molecule has 1 aromatic heterocycles. The molecule has 1 atom stereocenters. The van der Waals surface area contributed by atoms with E-state index in [1.165, 1.54) is 18.2 Å². The number of hydrogen-bond donors (Lipinski definition) is 0. The predicted molar refractivity (Wildman–Crippen MR) is 87.7 cm³/mol. The van der Waals surface area contributed by atoms with Crippen LogP contribution < -0.4 is 5.01 Å². The fraction of sp³-hybridized carbons (Fsp3) is 0.111. The first-order chi connectivity index (χ1) is 11.6. The molecule has 2 heterocycles. The summed E-state index contributed by atoms with van der Waals surface area (Å²) in [5.74, 6) is -1.69. The van der Waals surface area contributed by atoms with Crippen LogP contribution >= 0.6 is 0 Å². The topological polar surface area (TPSA) is 69.3 Å². The zero-order valence-electron chi connectivity index (χ0n) is 12.8. The van der Waals surface area contributed by atoms with Gasteiger partial charge in [-0.2, -0.15) is 15.4 Å². The number of para-hydroxylation sites is 1. The van der Waals surface area contributed by atoms with Gasteiger partial charge in [0.1, 0.15) is 17.4 Å². The van der Waals surface area contributed by atoms with Crippen LogP contribution in [0.4, 0.5) is 10.1 Å². The molecular weight excluding hydrogens is 307 g/mol. The lowest BCUT2D eigenvalue weighted by Gasteiger charge is -2.12.